The predicted octanol–water partition coefficient (Wildman–Crippen LogP) is 13.6. The van der Waals surface area contributed by atoms with Gasteiger partial charge in [-0.15, -0.1) is 11.3 Å². The first kappa shape index (κ1) is 28.9. The number of hydrogen-bond donors (Lipinski definition) is 0. The van der Waals surface area contributed by atoms with Crippen molar-refractivity contribution in [1.82, 2.24) is 14.1 Å². The van der Waals surface area contributed by atoms with Crippen LogP contribution in [0.5, 0.6) is 0 Å². The highest BCUT2D eigenvalue weighted by atomic mass is 32.1. The SMILES string of the molecule is c1ccc(-n2c3ccc(-c4ccc5c(c4)c4ccccc4n5-c4c5ccccc5nc5c4sc4ccccc45)cc3c3ccc4ccccc4c32)cc1. The Morgan fingerprint density at radius 1 is 0.415 bits per heavy atom. The van der Waals surface area contributed by atoms with Crippen LogP contribution in [0.3, 0.4) is 0 Å². The molecule has 0 spiro atoms. The molecule has 0 aliphatic carbocycles. The first-order valence-electron chi connectivity index (χ1n) is 18.1. The fourth-order valence-corrected chi connectivity index (χ4v) is 9.93. The Labute approximate surface area is 308 Å². The maximum absolute atomic E-state index is 5.23. The Balaban J connectivity index is 1.12. The van der Waals surface area contributed by atoms with E-state index in [-0.39, 0.29) is 0 Å². The second-order valence-corrected chi connectivity index (χ2v) is 15.0. The largest absolute Gasteiger partial charge is 0.309 e. The van der Waals surface area contributed by atoms with E-state index >= 15 is 0 Å². The molecule has 0 aliphatic heterocycles. The van der Waals surface area contributed by atoms with Gasteiger partial charge >= 0.3 is 0 Å². The van der Waals surface area contributed by atoms with E-state index in [1.807, 2.05) is 11.3 Å². The minimum atomic E-state index is 1.01. The zero-order valence-corrected chi connectivity index (χ0v) is 29.3. The molecule has 0 saturated heterocycles. The molecule has 0 aliphatic rings. The van der Waals surface area contributed by atoms with E-state index in [0.29, 0.717) is 0 Å². The summed E-state index contributed by atoms with van der Waals surface area (Å²) in [5, 5.41) is 9.88. The lowest BCUT2D eigenvalue weighted by molar-refractivity contribution is 1.19. The van der Waals surface area contributed by atoms with Gasteiger partial charge in [0.15, 0.2) is 0 Å². The number of thiophene rings is 1. The average Bonchev–Trinajstić information content (AvgIpc) is 3.87. The Kier molecular flexibility index (Phi) is 5.93. The van der Waals surface area contributed by atoms with Crippen LogP contribution in [0.2, 0.25) is 0 Å². The molecule has 0 fully saturated rings. The molecule has 12 rings (SSSR count). The molecule has 0 atom stereocenters. The first-order chi connectivity index (χ1) is 26.3. The molecule has 4 heteroatoms. The molecule has 0 unspecified atom stereocenters. The van der Waals surface area contributed by atoms with Crippen LogP contribution in [0.1, 0.15) is 0 Å². The molecule has 8 aromatic carbocycles. The monoisotopic (exact) mass is 691 g/mol. The number of nitrogens with zero attached hydrogens (tertiary/aromatic N) is 3. The zero-order valence-electron chi connectivity index (χ0n) is 28.5. The van der Waals surface area contributed by atoms with Crippen molar-refractivity contribution >= 4 is 96.9 Å². The second-order valence-electron chi connectivity index (χ2n) is 13.9. The molecule has 53 heavy (non-hydrogen) atoms. The Morgan fingerprint density at radius 2 is 1.04 bits per heavy atom. The fraction of sp³-hybridized carbons (Fsp3) is 0. The topological polar surface area (TPSA) is 22.8 Å². The number of hydrogen-bond acceptors (Lipinski definition) is 2. The summed E-state index contributed by atoms with van der Waals surface area (Å²) in [6.45, 7) is 0. The minimum absolute atomic E-state index is 1.01. The molecule has 3 nitrogen and oxygen atoms in total. The van der Waals surface area contributed by atoms with E-state index < -0.39 is 0 Å². The lowest BCUT2D eigenvalue weighted by Crippen LogP contribution is -1.97. The van der Waals surface area contributed by atoms with Gasteiger partial charge in [0.2, 0.25) is 0 Å². The summed E-state index contributed by atoms with van der Waals surface area (Å²) < 4.78 is 7.38. The van der Waals surface area contributed by atoms with Crippen molar-refractivity contribution in [3.8, 4) is 22.5 Å². The second kappa shape index (κ2) is 10.9. The van der Waals surface area contributed by atoms with Crippen LogP contribution in [0.25, 0.3) is 108 Å². The van der Waals surface area contributed by atoms with Crippen LogP contribution in [0.4, 0.5) is 0 Å². The summed E-state index contributed by atoms with van der Waals surface area (Å²) >= 11 is 1.84. The van der Waals surface area contributed by atoms with E-state index in [0.717, 1.165) is 16.4 Å². The third-order valence-corrected chi connectivity index (χ3v) is 12.2. The minimum Gasteiger partial charge on any atom is -0.309 e. The van der Waals surface area contributed by atoms with Crippen molar-refractivity contribution in [3.63, 3.8) is 0 Å². The summed E-state index contributed by atoms with van der Waals surface area (Å²) in [5.74, 6) is 0. The van der Waals surface area contributed by atoms with Gasteiger partial charge in [0.1, 0.15) is 0 Å². The van der Waals surface area contributed by atoms with Crippen LogP contribution >= 0.6 is 11.3 Å². The van der Waals surface area contributed by atoms with Crippen LogP contribution in [-0.2, 0) is 0 Å². The maximum Gasteiger partial charge on any atom is 0.0917 e. The van der Waals surface area contributed by atoms with Gasteiger partial charge in [0.25, 0.3) is 0 Å². The molecular weight excluding hydrogens is 663 g/mol. The third kappa shape index (κ3) is 4.07. The van der Waals surface area contributed by atoms with Crippen molar-refractivity contribution < 1.29 is 0 Å². The molecule has 0 amide bonds. The van der Waals surface area contributed by atoms with Crippen LogP contribution in [-0.4, -0.2) is 14.1 Å². The molecular formula is C49H29N3S. The Morgan fingerprint density at radius 3 is 1.87 bits per heavy atom. The standard InChI is InChI=1S/C49H29N3S/c1-2-13-33(14-3-1)51-43-26-23-32(29-40(43)36-25-22-30-12-4-5-15-34(30)47(36)51)31-24-27-44-39(28-31)35-16-7-10-20-42(35)52(44)48-37-17-6-9-19-41(37)50-46-38-18-8-11-21-45(38)53-49(46)48/h1-29H. The predicted molar refractivity (Wildman–Crippen MR) is 226 cm³/mol. The Hall–Kier alpha value is -6.75. The van der Waals surface area contributed by atoms with E-state index in [4.69, 9.17) is 4.98 Å². The van der Waals surface area contributed by atoms with Gasteiger partial charge in [0.05, 0.1) is 43.5 Å². The number of benzene rings is 8. The number of rotatable bonds is 3. The number of pyridine rings is 1. The molecule has 0 saturated carbocycles. The summed E-state index contributed by atoms with van der Waals surface area (Å²) in [6, 6.07) is 64.1. The van der Waals surface area contributed by atoms with Crippen LogP contribution < -0.4 is 0 Å². The molecule has 0 bridgehead atoms. The number of para-hydroxylation sites is 3. The van der Waals surface area contributed by atoms with E-state index in [1.54, 1.807) is 0 Å². The first-order valence-corrected chi connectivity index (χ1v) is 18.9. The fourth-order valence-electron chi connectivity index (χ4n) is 8.74. The summed E-state index contributed by atoms with van der Waals surface area (Å²) in [4.78, 5) is 5.23. The average molecular weight is 692 g/mol. The van der Waals surface area contributed by atoms with Gasteiger partial charge < -0.3 is 9.13 Å². The van der Waals surface area contributed by atoms with Gasteiger partial charge in [-0.1, -0.05) is 121 Å². The van der Waals surface area contributed by atoms with Crippen molar-refractivity contribution in [3.05, 3.63) is 176 Å². The lowest BCUT2D eigenvalue weighted by Gasteiger charge is -2.13. The molecule has 0 N–H and O–H groups in total. The smallest absolute Gasteiger partial charge is 0.0917 e. The maximum atomic E-state index is 5.23. The summed E-state index contributed by atoms with van der Waals surface area (Å²) in [5.41, 5.74) is 11.7. The molecule has 4 heterocycles. The van der Waals surface area contributed by atoms with Crippen molar-refractivity contribution in [2.45, 2.75) is 0 Å². The lowest BCUT2D eigenvalue weighted by atomic mass is 10.00. The highest BCUT2D eigenvalue weighted by Gasteiger charge is 2.21. The zero-order chi connectivity index (χ0) is 34.6. The van der Waals surface area contributed by atoms with E-state index in [9.17, 15) is 0 Å². The van der Waals surface area contributed by atoms with Gasteiger partial charge in [-0.3, -0.25) is 0 Å². The van der Waals surface area contributed by atoms with Crippen molar-refractivity contribution in [1.29, 1.82) is 0 Å². The Bertz CT molecular complexity index is 3460. The summed E-state index contributed by atoms with van der Waals surface area (Å²) in [6.07, 6.45) is 0. The van der Waals surface area contributed by atoms with Crippen molar-refractivity contribution in [2.24, 2.45) is 0 Å². The molecule has 4 aromatic heterocycles. The number of fused-ring (bicyclic) bond motifs is 12. The van der Waals surface area contributed by atoms with Gasteiger partial charge in [-0.05, 0) is 71.1 Å². The number of aromatic nitrogens is 3. The molecule has 0 radical (unpaired) electrons. The van der Waals surface area contributed by atoms with Crippen LogP contribution in [0, 0.1) is 0 Å². The van der Waals surface area contributed by atoms with Gasteiger partial charge in [0, 0.05) is 48.1 Å². The van der Waals surface area contributed by atoms with E-state index in [1.165, 1.54) is 91.7 Å². The highest BCUT2D eigenvalue weighted by molar-refractivity contribution is 7.26. The van der Waals surface area contributed by atoms with E-state index in [2.05, 4.69) is 185 Å². The normalized spacial score (nSPS) is 12.2. The van der Waals surface area contributed by atoms with Gasteiger partial charge in [-0.2, -0.15) is 0 Å². The third-order valence-electron chi connectivity index (χ3n) is 11.1. The molecule has 12 aromatic rings. The van der Waals surface area contributed by atoms with Crippen LogP contribution in [0.15, 0.2) is 176 Å². The highest BCUT2D eigenvalue weighted by Crippen LogP contribution is 2.44. The van der Waals surface area contributed by atoms with Crippen molar-refractivity contribution in [2.75, 3.05) is 0 Å². The quantitative estimate of drug-likeness (QED) is 0.181. The summed E-state index contributed by atoms with van der Waals surface area (Å²) in [7, 11) is 0. The molecule has 246 valence electrons. The van der Waals surface area contributed by atoms with Gasteiger partial charge in [-0.25, -0.2) is 4.98 Å².